The number of aromatic nitrogens is 3. The zero-order valence-corrected chi connectivity index (χ0v) is 12.2. The highest BCUT2D eigenvalue weighted by molar-refractivity contribution is 7.71. The maximum Gasteiger partial charge on any atom is 0.195 e. The van der Waals surface area contributed by atoms with E-state index in [1.807, 2.05) is 22.1 Å². The molecule has 3 heterocycles. The van der Waals surface area contributed by atoms with Gasteiger partial charge in [-0.2, -0.15) is 5.10 Å². The van der Waals surface area contributed by atoms with Crippen LogP contribution in [0.3, 0.4) is 0 Å². The number of rotatable bonds is 4. The van der Waals surface area contributed by atoms with Crippen molar-refractivity contribution < 1.29 is 9.47 Å². The average Bonchev–Trinajstić information content (AvgIpc) is 3.13. The van der Waals surface area contributed by atoms with E-state index in [9.17, 15) is 0 Å². The van der Waals surface area contributed by atoms with Gasteiger partial charge in [0.25, 0.3) is 0 Å². The molecule has 2 aromatic rings. The number of thiophene rings is 1. The van der Waals surface area contributed by atoms with Crippen LogP contribution in [0.4, 0.5) is 0 Å². The predicted molar refractivity (Wildman–Crippen MR) is 75.9 cm³/mol. The molecular weight excluding hydrogens is 282 g/mol. The van der Waals surface area contributed by atoms with Crippen molar-refractivity contribution in [3.05, 3.63) is 22.3 Å². The number of ether oxygens (including phenoxy) is 2. The third-order valence-electron chi connectivity index (χ3n) is 3.45. The fraction of sp³-hybridized carbons (Fsp3) is 0.500. The van der Waals surface area contributed by atoms with Crippen LogP contribution in [0.1, 0.15) is 6.42 Å². The van der Waals surface area contributed by atoms with E-state index in [4.69, 9.17) is 21.7 Å². The first-order valence-corrected chi connectivity index (χ1v) is 7.35. The van der Waals surface area contributed by atoms with Crippen molar-refractivity contribution in [3.8, 4) is 10.7 Å². The largest absolute Gasteiger partial charge is 0.378 e. The Morgan fingerprint density at radius 3 is 3.21 bits per heavy atom. The molecule has 3 rings (SSSR count). The maximum absolute atomic E-state index is 5.67. The van der Waals surface area contributed by atoms with Gasteiger partial charge in [0.15, 0.2) is 10.6 Å². The molecule has 0 bridgehead atoms. The lowest BCUT2D eigenvalue weighted by molar-refractivity contribution is -0.0294. The molecule has 0 radical (unpaired) electrons. The molecule has 2 aromatic heterocycles. The molecule has 0 saturated carbocycles. The van der Waals surface area contributed by atoms with Gasteiger partial charge in [0, 0.05) is 20.1 Å². The first-order chi connectivity index (χ1) is 9.24. The summed E-state index contributed by atoms with van der Waals surface area (Å²) in [7, 11) is 1.73. The molecule has 0 aromatic carbocycles. The van der Waals surface area contributed by atoms with Gasteiger partial charge in [-0.3, -0.25) is 9.67 Å². The standard InChI is InChI=1S/C12H15N3O2S2/c1-16-12(4-5-17-8-12)7-15-10(13-14-11(15)18)9-3-2-6-19-9/h2-3,6H,4-5,7-8H2,1H3,(H,14,18). The van der Waals surface area contributed by atoms with Crippen molar-refractivity contribution >= 4 is 23.6 Å². The van der Waals surface area contributed by atoms with Crippen molar-refractivity contribution in [2.45, 2.75) is 18.6 Å². The summed E-state index contributed by atoms with van der Waals surface area (Å²) in [5, 5.41) is 9.22. The average molecular weight is 297 g/mol. The Balaban J connectivity index is 1.97. The van der Waals surface area contributed by atoms with Crippen molar-refractivity contribution in [2.75, 3.05) is 20.3 Å². The zero-order chi connectivity index (χ0) is 13.3. The third-order valence-corrected chi connectivity index (χ3v) is 4.62. The normalized spacial score (nSPS) is 23.0. The highest BCUT2D eigenvalue weighted by Gasteiger charge is 2.36. The van der Waals surface area contributed by atoms with Gasteiger partial charge in [-0.15, -0.1) is 11.3 Å². The van der Waals surface area contributed by atoms with Crippen LogP contribution in [0.25, 0.3) is 10.7 Å². The molecule has 1 saturated heterocycles. The van der Waals surface area contributed by atoms with Crippen LogP contribution in [0, 0.1) is 4.77 Å². The molecule has 1 fully saturated rings. The minimum absolute atomic E-state index is 0.298. The van der Waals surface area contributed by atoms with Gasteiger partial charge in [0.1, 0.15) is 5.60 Å². The summed E-state index contributed by atoms with van der Waals surface area (Å²) >= 11 is 6.98. The van der Waals surface area contributed by atoms with Crippen molar-refractivity contribution in [1.82, 2.24) is 14.8 Å². The van der Waals surface area contributed by atoms with E-state index in [-0.39, 0.29) is 5.60 Å². The number of H-pyrrole nitrogens is 1. The molecule has 1 aliphatic rings. The zero-order valence-electron chi connectivity index (χ0n) is 10.6. The van der Waals surface area contributed by atoms with E-state index in [1.54, 1.807) is 18.4 Å². The lowest BCUT2D eigenvalue weighted by atomic mass is 10.0. The Bertz CT molecular complexity index is 597. The van der Waals surface area contributed by atoms with E-state index in [2.05, 4.69) is 10.2 Å². The van der Waals surface area contributed by atoms with Gasteiger partial charge in [-0.1, -0.05) is 6.07 Å². The van der Waals surface area contributed by atoms with E-state index in [0.29, 0.717) is 17.9 Å². The molecule has 5 nitrogen and oxygen atoms in total. The molecule has 1 N–H and O–H groups in total. The highest BCUT2D eigenvalue weighted by atomic mass is 32.1. The van der Waals surface area contributed by atoms with Crippen LogP contribution in [0.2, 0.25) is 0 Å². The Labute approximate surface area is 120 Å². The van der Waals surface area contributed by atoms with Gasteiger partial charge in [0.2, 0.25) is 0 Å². The van der Waals surface area contributed by atoms with Crippen LogP contribution in [0.5, 0.6) is 0 Å². The summed E-state index contributed by atoms with van der Waals surface area (Å²) in [6, 6.07) is 4.05. The number of aromatic amines is 1. The molecule has 7 heteroatoms. The molecule has 0 aliphatic carbocycles. The third kappa shape index (κ3) is 2.38. The van der Waals surface area contributed by atoms with Crippen molar-refractivity contribution in [3.63, 3.8) is 0 Å². The van der Waals surface area contributed by atoms with E-state index in [1.165, 1.54) is 0 Å². The van der Waals surface area contributed by atoms with Gasteiger partial charge in [-0.05, 0) is 23.7 Å². The summed E-state index contributed by atoms with van der Waals surface area (Å²) in [6.45, 7) is 1.99. The molecule has 1 aliphatic heterocycles. The monoisotopic (exact) mass is 297 g/mol. The first-order valence-electron chi connectivity index (χ1n) is 6.06. The lowest BCUT2D eigenvalue weighted by Gasteiger charge is -2.26. The molecule has 1 unspecified atom stereocenters. The second-order valence-electron chi connectivity index (χ2n) is 4.61. The van der Waals surface area contributed by atoms with Crippen molar-refractivity contribution in [1.29, 1.82) is 0 Å². The van der Waals surface area contributed by atoms with Crippen LogP contribution < -0.4 is 0 Å². The van der Waals surface area contributed by atoms with E-state index >= 15 is 0 Å². The number of nitrogens with zero attached hydrogens (tertiary/aromatic N) is 2. The summed E-state index contributed by atoms with van der Waals surface area (Å²) in [5.74, 6) is 0.864. The van der Waals surface area contributed by atoms with Crippen LogP contribution in [-0.2, 0) is 16.0 Å². The summed E-state index contributed by atoms with van der Waals surface area (Å²) in [5.41, 5.74) is -0.298. The minimum atomic E-state index is -0.298. The molecule has 0 spiro atoms. The van der Waals surface area contributed by atoms with Crippen molar-refractivity contribution in [2.24, 2.45) is 0 Å². The summed E-state index contributed by atoms with van der Waals surface area (Å²) < 4.78 is 13.8. The van der Waals surface area contributed by atoms with Gasteiger partial charge in [0.05, 0.1) is 18.0 Å². The minimum Gasteiger partial charge on any atom is -0.378 e. The molecule has 0 amide bonds. The Kier molecular flexibility index (Phi) is 3.53. The second-order valence-corrected chi connectivity index (χ2v) is 5.94. The fourth-order valence-corrected chi connectivity index (χ4v) is 3.20. The quantitative estimate of drug-likeness (QED) is 0.881. The van der Waals surface area contributed by atoms with Gasteiger partial charge < -0.3 is 9.47 Å². The highest BCUT2D eigenvalue weighted by Crippen LogP contribution is 2.28. The molecular formula is C12H15N3O2S2. The number of hydrogen-bond donors (Lipinski definition) is 1. The fourth-order valence-electron chi connectivity index (χ4n) is 2.29. The first kappa shape index (κ1) is 13.0. The van der Waals surface area contributed by atoms with Crippen LogP contribution in [0.15, 0.2) is 17.5 Å². The Hall–Kier alpha value is -1.02. The topological polar surface area (TPSA) is 52.1 Å². The molecule has 102 valence electrons. The number of hydrogen-bond acceptors (Lipinski definition) is 5. The molecule has 1 atom stereocenters. The number of methoxy groups -OCH3 is 1. The van der Waals surface area contributed by atoms with E-state index in [0.717, 1.165) is 23.7 Å². The summed E-state index contributed by atoms with van der Waals surface area (Å²) in [4.78, 5) is 1.09. The molecule has 19 heavy (non-hydrogen) atoms. The SMILES string of the molecule is COC1(Cn2c(-c3cccs3)n[nH]c2=S)CCOC1. The Morgan fingerprint density at radius 1 is 1.68 bits per heavy atom. The van der Waals surface area contributed by atoms with Crippen LogP contribution in [-0.4, -0.2) is 40.7 Å². The van der Waals surface area contributed by atoms with Gasteiger partial charge >= 0.3 is 0 Å². The van der Waals surface area contributed by atoms with Gasteiger partial charge in [-0.25, -0.2) is 0 Å². The smallest absolute Gasteiger partial charge is 0.195 e. The van der Waals surface area contributed by atoms with E-state index < -0.39 is 0 Å². The summed E-state index contributed by atoms with van der Waals surface area (Å²) in [6.07, 6.45) is 0.875. The second kappa shape index (κ2) is 5.16. The predicted octanol–water partition coefficient (Wildman–Crippen LogP) is 2.47. The Morgan fingerprint density at radius 2 is 2.58 bits per heavy atom. The lowest BCUT2D eigenvalue weighted by Crippen LogP contribution is -2.37. The van der Waals surface area contributed by atoms with Crippen LogP contribution >= 0.6 is 23.6 Å². The maximum atomic E-state index is 5.67. The number of nitrogens with one attached hydrogen (secondary N) is 1.